The molecule has 3 rings (SSSR count). The van der Waals surface area contributed by atoms with Crippen molar-refractivity contribution in [2.75, 3.05) is 19.0 Å². The molecule has 0 bridgehead atoms. The highest BCUT2D eigenvalue weighted by Crippen LogP contribution is 2.35. The monoisotopic (exact) mass is 431 g/mol. The first-order valence-electron chi connectivity index (χ1n) is 9.23. The molecule has 1 aliphatic rings. The summed E-state index contributed by atoms with van der Waals surface area (Å²) in [5.74, 6) is -2.97. The number of pyridine rings is 1. The number of nitrogens with zero attached hydrogens (tertiary/aromatic N) is 5. The minimum Gasteiger partial charge on any atom is -0.503 e. The molecule has 1 aromatic heterocycles. The number of benzene rings is 1. The lowest BCUT2D eigenvalue weighted by Crippen LogP contribution is -2.30. The molecular weight excluding hydrogens is 414 g/mol. The van der Waals surface area contributed by atoms with Gasteiger partial charge in [-0.25, -0.2) is 9.84 Å². The smallest absolute Gasteiger partial charge is 0.323 e. The maximum atomic E-state index is 13.0. The summed E-state index contributed by atoms with van der Waals surface area (Å²) in [6.45, 7) is 7.77. The normalized spacial score (nSPS) is 12.9. The number of aliphatic imine (C=N–C) groups is 1. The third-order valence-corrected chi connectivity index (χ3v) is 5.00. The Labute approximate surface area is 182 Å². The van der Waals surface area contributed by atoms with Crippen LogP contribution < -0.4 is 10.5 Å². The number of carbonyl (C=O) groups is 2. The molecule has 10 nitrogen and oxygen atoms in total. The van der Waals surface area contributed by atoms with Crippen LogP contribution in [0.5, 0.6) is 5.88 Å². The third-order valence-electron chi connectivity index (χ3n) is 5.00. The molecule has 0 unspecified atom stereocenters. The maximum absolute atomic E-state index is 13.0. The second-order valence-corrected chi connectivity index (χ2v) is 7.14. The molecular formula is C22H17N5O5. The van der Waals surface area contributed by atoms with Crippen molar-refractivity contribution in [2.45, 2.75) is 13.5 Å². The molecule has 0 fully saturated rings. The van der Waals surface area contributed by atoms with Crippen LogP contribution in [-0.4, -0.2) is 46.5 Å². The molecule has 0 radical (unpaired) electrons. The molecule has 1 amide bonds. The van der Waals surface area contributed by atoms with Crippen molar-refractivity contribution in [3.05, 3.63) is 68.3 Å². The summed E-state index contributed by atoms with van der Waals surface area (Å²) in [5, 5.41) is 29.1. The van der Waals surface area contributed by atoms with Crippen molar-refractivity contribution in [2.24, 2.45) is 4.99 Å². The van der Waals surface area contributed by atoms with Gasteiger partial charge in [-0.15, -0.1) is 0 Å². The first kappa shape index (κ1) is 22.0. The molecule has 0 atom stereocenters. The molecule has 2 N–H and O–H groups in total. The third kappa shape index (κ3) is 3.50. The number of nitriles is 1. The Morgan fingerprint density at radius 3 is 2.41 bits per heavy atom. The Morgan fingerprint density at radius 1 is 1.28 bits per heavy atom. The second-order valence-electron chi connectivity index (χ2n) is 7.14. The van der Waals surface area contributed by atoms with E-state index in [-0.39, 0.29) is 33.7 Å². The predicted molar refractivity (Wildman–Crippen MR) is 116 cm³/mol. The quantitative estimate of drug-likeness (QED) is 0.689. The summed E-state index contributed by atoms with van der Waals surface area (Å²) in [6, 6.07) is 8.72. The van der Waals surface area contributed by atoms with E-state index in [1.165, 1.54) is 6.92 Å². The number of aliphatic carboxylic acids is 1. The van der Waals surface area contributed by atoms with Crippen molar-refractivity contribution in [1.82, 2.24) is 4.57 Å². The van der Waals surface area contributed by atoms with Crippen LogP contribution in [0.25, 0.3) is 10.4 Å². The SMILES string of the molecule is [C-]#[N+]c1c(C)c(C2=NC(=O)C(c3ccc(N(C)C)cc3)=C2C#N)c(=O)n(CC(=O)O)c1O. The lowest BCUT2D eigenvalue weighted by molar-refractivity contribution is -0.137. The maximum Gasteiger partial charge on any atom is 0.323 e. The van der Waals surface area contributed by atoms with E-state index in [0.29, 0.717) is 10.1 Å². The fourth-order valence-corrected chi connectivity index (χ4v) is 3.42. The number of carbonyl (C=O) groups excluding carboxylic acids is 1. The van der Waals surface area contributed by atoms with Crippen molar-refractivity contribution >= 4 is 34.5 Å². The summed E-state index contributed by atoms with van der Waals surface area (Å²) in [7, 11) is 3.70. The molecule has 1 aromatic carbocycles. The molecule has 160 valence electrons. The van der Waals surface area contributed by atoms with E-state index in [0.717, 1.165) is 5.69 Å². The van der Waals surface area contributed by atoms with Gasteiger partial charge in [0.25, 0.3) is 11.5 Å². The number of hydrogen-bond donors (Lipinski definition) is 2. The minimum absolute atomic E-state index is 0.00571. The van der Waals surface area contributed by atoms with Crippen LogP contribution in [-0.2, 0) is 16.1 Å². The standard InChI is InChI=1S/C22H17N5O5/c1-11-16(21(31)27(10-15(28)29)22(32)18(11)24-2)19-14(9-23)17(20(30)25-19)12-5-7-13(8-6-12)26(3)4/h5-8,32H,10H2,1,3-4H3,(H,28,29). The van der Waals surface area contributed by atoms with E-state index in [1.54, 1.807) is 24.3 Å². The topological polar surface area (TPSA) is 140 Å². The largest absolute Gasteiger partial charge is 0.503 e. The molecule has 2 heterocycles. The van der Waals surface area contributed by atoms with Crippen LogP contribution in [0.15, 0.2) is 39.6 Å². The van der Waals surface area contributed by atoms with Gasteiger partial charge in [0.05, 0.1) is 29.0 Å². The molecule has 1 aliphatic heterocycles. The summed E-state index contributed by atoms with van der Waals surface area (Å²) < 4.78 is 0.504. The summed E-state index contributed by atoms with van der Waals surface area (Å²) in [4.78, 5) is 45.9. The summed E-state index contributed by atoms with van der Waals surface area (Å²) in [6.07, 6.45) is 0. The average Bonchev–Trinajstić information content (AvgIpc) is 3.07. The van der Waals surface area contributed by atoms with Crippen LogP contribution in [0.1, 0.15) is 16.7 Å². The van der Waals surface area contributed by atoms with E-state index >= 15 is 0 Å². The first-order chi connectivity index (χ1) is 15.1. The first-order valence-corrected chi connectivity index (χ1v) is 9.23. The van der Waals surface area contributed by atoms with Crippen LogP contribution in [0, 0.1) is 24.8 Å². The fraction of sp³-hybridized carbons (Fsp3) is 0.182. The number of amides is 1. The van der Waals surface area contributed by atoms with E-state index in [4.69, 9.17) is 11.7 Å². The highest BCUT2D eigenvalue weighted by Gasteiger charge is 2.33. The molecule has 0 saturated carbocycles. The number of allylic oxidation sites excluding steroid dienone is 1. The zero-order chi connectivity index (χ0) is 23.7. The van der Waals surface area contributed by atoms with E-state index in [2.05, 4.69) is 9.84 Å². The van der Waals surface area contributed by atoms with Gasteiger partial charge in [0.15, 0.2) is 5.88 Å². The minimum atomic E-state index is -1.42. The van der Waals surface area contributed by atoms with Crippen molar-refractivity contribution < 1.29 is 19.8 Å². The number of aromatic hydroxyl groups is 1. The van der Waals surface area contributed by atoms with E-state index < -0.39 is 29.9 Å². The Balaban J connectivity index is 2.29. The molecule has 0 saturated heterocycles. The average molecular weight is 431 g/mol. The number of carboxylic acids is 1. The van der Waals surface area contributed by atoms with Gasteiger partial charge in [0.2, 0.25) is 5.69 Å². The molecule has 2 aromatic rings. The molecule has 0 aliphatic carbocycles. The van der Waals surface area contributed by atoms with Crippen LogP contribution >= 0.6 is 0 Å². The number of rotatable bonds is 5. The van der Waals surface area contributed by atoms with Crippen molar-refractivity contribution in [1.29, 1.82) is 5.26 Å². The van der Waals surface area contributed by atoms with Gasteiger partial charge >= 0.3 is 5.97 Å². The lowest BCUT2D eigenvalue weighted by atomic mass is 9.94. The number of aromatic nitrogens is 1. The van der Waals surface area contributed by atoms with Gasteiger partial charge in [0.1, 0.15) is 12.6 Å². The van der Waals surface area contributed by atoms with Gasteiger partial charge in [0, 0.05) is 19.8 Å². The predicted octanol–water partition coefficient (Wildman–Crippen LogP) is 1.87. The van der Waals surface area contributed by atoms with Crippen LogP contribution in [0.3, 0.4) is 0 Å². The van der Waals surface area contributed by atoms with Gasteiger partial charge < -0.3 is 15.1 Å². The highest BCUT2D eigenvalue weighted by molar-refractivity contribution is 6.40. The van der Waals surface area contributed by atoms with Gasteiger partial charge in [-0.05, 0) is 30.2 Å². The Kier molecular flexibility index (Phi) is 5.64. The Hall–Kier alpha value is -4.70. The zero-order valence-electron chi connectivity index (χ0n) is 17.4. The number of anilines is 1. The number of hydrogen-bond acceptors (Lipinski definition) is 6. The van der Waals surface area contributed by atoms with Crippen LogP contribution in [0.4, 0.5) is 11.4 Å². The van der Waals surface area contributed by atoms with Gasteiger partial charge in [-0.1, -0.05) is 12.1 Å². The molecule has 10 heteroatoms. The lowest BCUT2D eigenvalue weighted by Gasteiger charge is -2.14. The van der Waals surface area contributed by atoms with Gasteiger partial charge in [-0.3, -0.25) is 19.0 Å². The molecule has 0 spiro atoms. The van der Waals surface area contributed by atoms with Crippen molar-refractivity contribution in [3.63, 3.8) is 0 Å². The van der Waals surface area contributed by atoms with Crippen molar-refractivity contribution in [3.8, 4) is 11.9 Å². The highest BCUT2D eigenvalue weighted by atomic mass is 16.4. The Bertz CT molecular complexity index is 1370. The summed E-state index contributed by atoms with van der Waals surface area (Å²) in [5.41, 5.74) is -0.764. The van der Waals surface area contributed by atoms with E-state index in [1.807, 2.05) is 25.1 Å². The fourth-order valence-electron chi connectivity index (χ4n) is 3.42. The van der Waals surface area contributed by atoms with E-state index in [9.17, 15) is 24.8 Å². The zero-order valence-corrected chi connectivity index (χ0v) is 17.4. The second kappa shape index (κ2) is 8.20. The Morgan fingerprint density at radius 2 is 1.91 bits per heavy atom. The summed E-state index contributed by atoms with van der Waals surface area (Å²) >= 11 is 0. The molecule has 32 heavy (non-hydrogen) atoms. The van der Waals surface area contributed by atoms with Crippen LogP contribution in [0.2, 0.25) is 0 Å². The van der Waals surface area contributed by atoms with Gasteiger partial charge in [-0.2, -0.15) is 5.26 Å². The number of carboxylic acid groups (broad SMARTS) is 1.